The van der Waals surface area contributed by atoms with Crippen LogP contribution in [0.3, 0.4) is 0 Å². The van der Waals surface area contributed by atoms with Crippen molar-refractivity contribution in [3.63, 3.8) is 0 Å². The molecule has 0 atom stereocenters. The largest absolute Gasteiger partial charge is 0.0984 e. The zero-order valence-corrected chi connectivity index (χ0v) is 58.0. The summed E-state index contributed by atoms with van der Waals surface area (Å²) >= 11 is 0. The molecule has 0 aromatic heterocycles. The highest BCUT2D eigenvalue weighted by Gasteiger charge is 2.10. The van der Waals surface area contributed by atoms with Gasteiger partial charge in [0.25, 0.3) is 0 Å². The lowest BCUT2D eigenvalue weighted by Gasteiger charge is -2.10. The highest BCUT2D eigenvalue weighted by atomic mass is 14.1. The van der Waals surface area contributed by atoms with Gasteiger partial charge in [0.2, 0.25) is 0 Å². The summed E-state index contributed by atoms with van der Waals surface area (Å²) in [5, 5.41) is 29.5. The molecule has 17 aromatic carbocycles. The second-order valence-electron chi connectivity index (χ2n) is 26.5. The molecule has 0 aliphatic carbocycles. The van der Waals surface area contributed by atoms with Gasteiger partial charge in [-0.1, -0.05) is 260 Å². The van der Waals surface area contributed by atoms with E-state index in [1.165, 1.54) is 185 Å². The van der Waals surface area contributed by atoms with E-state index in [0.717, 1.165) is 11.1 Å². The molecule has 0 saturated heterocycles. The summed E-state index contributed by atoms with van der Waals surface area (Å²) in [5.41, 5.74) is 18.3. The van der Waals surface area contributed by atoms with Crippen LogP contribution in [0.1, 0.15) is 79.2 Å². The topological polar surface area (TPSA) is 0 Å². The van der Waals surface area contributed by atoms with Crippen LogP contribution in [0.2, 0.25) is 0 Å². The summed E-state index contributed by atoms with van der Waals surface area (Å²) in [6.07, 6.45) is 1.89. The molecule has 0 nitrogen and oxygen atoms in total. The van der Waals surface area contributed by atoms with Crippen molar-refractivity contribution in [2.75, 3.05) is 0 Å². The molecule has 0 spiro atoms. The Hall–Kier alpha value is -10.9. The molecule has 0 aliphatic rings. The lowest BCUT2D eigenvalue weighted by molar-refractivity contribution is 1.49. The number of hydrogen-bond donors (Lipinski definition) is 0. The monoisotopic (exact) mass is 1240 g/mol. The maximum Gasteiger partial charge on any atom is -0.0119 e. The standard InChI is InChI=1S/5C16H14.C16H16/c2*1-11-6-5-8-14-10-13-7-3-4-9-15(13)12(2)16(11)14;2*1-11-6-7-13-9-14-5-3-4-12(2)16(14)10-15(13)8-11;1-11-7-8-14-10-13-5-3-4-6-15(13)12(2)16(14)9-11;1-5-13-9-14-8-6-7-12(4)16(14)10-15(13)11(2)3/h5*3-10H,1-2H3;5-10H,1-2H2,3-4H3. The molecule has 96 heavy (non-hydrogen) atoms. The van der Waals surface area contributed by atoms with E-state index in [1.807, 2.05) is 13.0 Å². The van der Waals surface area contributed by atoms with E-state index in [2.05, 4.69) is 362 Å². The number of aryl methyl sites for hydroxylation is 11. The predicted octanol–water partition coefficient (Wildman–Crippen LogP) is 27.9. The number of benzene rings is 17. The molecule has 0 saturated carbocycles. The normalized spacial score (nSPS) is 11.0. The van der Waals surface area contributed by atoms with Gasteiger partial charge >= 0.3 is 0 Å². The zero-order chi connectivity index (χ0) is 67.3. The lowest BCUT2D eigenvalue weighted by Crippen LogP contribution is -1.87. The van der Waals surface area contributed by atoms with Gasteiger partial charge in [0.05, 0.1) is 0 Å². The summed E-state index contributed by atoms with van der Waals surface area (Å²) < 4.78 is 0. The van der Waals surface area contributed by atoms with E-state index < -0.39 is 0 Å². The minimum atomic E-state index is 1.08. The van der Waals surface area contributed by atoms with Crippen molar-refractivity contribution in [2.24, 2.45) is 0 Å². The fourth-order valence-electron chi connectivity index (χ4n) is 14.2. The molecule has 17 rings (SSSR count). The SMILES string of the molecule is C=Cc1cc2cccc(C)c2cc1C(=C)C.Cc1ccc2cc3cccc(C)c3cc2c1.Cc1ccc2cc3cccc(C)c3cc2c1.Cc1ccc2cc3ccccc3c(C)c2c1.Cc1cccc2cc3ccccc3c(C)c12.Cc1cccc2cc3ccccc3c(C)c12. The predicted molar refractivity (Wildman–Crippen MR) is 428 cm³/mol. The Morgan fingerprint density at radius 2 is 0.552 bits per heavy atom. The van der Waals surface area contributed by atoms with Crippen molar-refractivity contribution >= 4 is 130 Å². The Bertz CT molecular complexity index is 5560. The molecular weight excluding hydrogens is 1150 g/mol. The van der Waals surface area contributed by atoms with Gasteiger partial charge in [0.1, 0.15) is 0 Å². The summed E-state index contributed by atoms with van der Waals surface area (Å²) in [6, 6.07) is 98.4. The maximum absolute atomic E-state index is 4.02. The van der Waals surface area contributed by atoms with Crippen molar-refractivity contribution in [1.29, 1.82) is 0 Å². The van der Waals surface area contributed by atoms with Gasteiger partial charge in [0, 0.05) is 0 Å². The first-order valence-electron chi connectivity index (χ1n) is 33.7. The minimum absolute atomic E-state index is 1.08. The van der Waals surface area contributed by atoms with E-state index in [9.17, 15) is 0 Å². The van der Waals surface area contributed by atoms with Gasteiger partial charge in [0.15, 0.2) is 0 Å². The van der Waals surface area contributed by atoms with Gasteiger partial charge < -0.3 is 0 Å². The third-order valence-electron chi connectivity index (χ3n) is 19.4. The van der Waals surface area contributed by atoms with Gasteiger partial charge in [-0.15, -0.1) is 0 Å². The molecule has 470 valence electrons. The van der Waals surface area contributed by atoms with Crippen LogP contribution in [-0.2, 0) is 0 Å². The molecule has 0 amide bonds. The van der Waals surface area contributed by atoms with Crippen LogP contribution in [0.4, 0.5) is 0 Å². The summed E-state index contributed by atoms with van der Waals surface area (Å²) in [6.45, 7) is 33.8. The molecule has 0 bridgehead atoms. The molecular formula is C96H86. The van der Waals surface area contributed by atoms with Gasteiger partial charge in [-0.3, -0.25) is 0 Å². The van der Waals surface area contributed by atoms with Crippen molar-refractivity contribution in [3.8, 4) is 0 Å². The van der Waals surface area contributed by atoms with Crippen molar-refractivity contribution < 1.29 is 0 Å². The Morgan fingerprint density at radius 1 is 0.240 bits per heavy atom. The van der Waals surface area contributed by atoms with Crippen LogP contribution < -0.4 is 0 Å². The van der Waals surface area contributed by atoms with E-state index in [-0.39, 0.29) is 0 Å². The number of hydrogen-bond acceptors (Lipinski definition) is 0. The van der Waals surface area contributed by atoms with Crippen LogP contribution in [0.25, 0.3) is 130 Å². The first-order chi connectivity index (χ1) is 46.4. The van der Waals surface area contributed by atoms with Crippen molar-refractivity contribution in [2.45, 2.75) is 83.1 Å². The second kappa shape index (κ2) is 28.3. The fourth-order valence-corrected chi connectivity index (χ4v) is 14.2. The van der Waals surface area contributed by atoms with Crippen LogP contribution in [0, 0.1) is 76.2 Å². The van der Waals surface area contributed by atoms with Gasteiger partial charge in [-0.05, 0) is 312 Å². The summed E-state index contributed by atoms with van der Waals surface area (Å²) in [7, 11) is 0. The molecule has 17 aromatic rings. The van der Waals surface area contributed by atoms with Crippen LogP contribution >= 0.6 is 0 Å². The Balaban J connectivity index is 0.000000110. The molecule has 0 fully saturated rings. The highest BCUT2D eigenvalue weighted by molar-refractivity contribution is 6.06. The smallest absolute Gasteiger partial charge is 0.0119 e. The second-order valence-corrected chi connectivity index (χ2v) is 26.5. The van der Waals surface area contributed by atoms with E-state index in [0.29, 0.717) is 0 Å². The third kappa shape index (κ3) is 13.8. The Labute approximate surface area is 568 Å². The fraction of sp³-hybridized carbons (Fsp3) is 0.125. The van der Waals surface area contributed by atoms with Gasteiger partial charge in [-0.25, -0.2) is 0 Å². The van der Waals surface area contributed by atoms with Crippen LogP contribution in [0.5, 0.6) is 0 Å². The lowest BCUT2D eigenvalue weighted by atomic mass is 9.95. The number of rotatable bonds is 2. The summed E-state index contributed by atoms with van der Waals surface area (Å²) in [5.74, 6) is 0. The average molecular weight is 1240 g/mol. The number of fused-ring (bicyclic) bond motifs is 11. The molecule has 0 aliphatic heterocycles. The average Bonchev–Trinajstić information content (AvgIpc) is 0.880. The molecule has 0 heteroatoms. The minimum Gasteiger partial charge on any atom is -0.0984 e. The van der Waals surface area contributed by atoms with E-state index >= 15 is 0 Å². The molecule has 0 unspecified atom stereocenters. The van der Waals surface area contributed by atoms with E-state index in [1.54, 1.807) is 0 Å². The highest BCUT2D eigenvalue weighted by Crippen LogP contribution is 2.34. The Morgan fingerprint density at radius 3 is 0.979 bits per heavy atom. The van der Waals surface area contributed by atoms with Crippen molar-refractivity contribution in [3.05, 3.63) is 358 Å². The maximum atomic E-state index is 4.02. The van der Waals surface area contributed by atoms with E-state index in [4.69, 9.17) is 0 Å². The Kier molecular flexibility index (Phi) is 19.2. The zero-order valence-electron chi connectivity index (χ0n) is 58.0. The third-order valence-corrected chi connectivity index (χ3v) is 19.4. The van der Waals surface area contributed by atoms with Crippen molar-refractivity contribution in [1.82, 2.24) is 0 Å². The van der Waals surface area contributed by atoms with Crippen LogP contribution in [-0.4, -0.2) is 0 Å². The summed E-state index contributed by atoms with van der Waals surface area (Å²) in [4.78, 5) is 0. The molecule has 0 N–H and O–H groups in total. The molecule has 0 radical (unpaired) electrons. The first kappa shape index (κ1) is 65.2. The van der Waals surface area contributed by atoms with Gasteiger partial charge in [-0.2, -0.15) is 0 Å². The quantitative estimate of drug-likeness (QED) is 0.151. The number of allylic oxidation sites excluding steroid dienone is 1. The first-order valence-corrected chi connectivity index (χ1v) is 33.7. The molecule has 0 heterocycles. The van der Waals surface area contributed by atoms with Crippen LogP contribution in [0.15, 0.2) is 286 Å².